The van der Waals surface area contributed by atoms with Crippen molar-refractivity contribution in [3.05, 3.63) is 161 Å². The Hall–Kier alpha value is -5.80. The molecule has 2 aliphatic carbocycles. The molecule has 8 aromatic rings. The van der Waals surface area contributed by atoms with Crippen molar-refractivity contribution >= 4 is 51.0 Å². The summed E-state index contributed by atoms with van der Waals surface area (Å²) in [5.74, 6) is 0. The van der Waals surface area contributed by atoms with E-state index in [0.29, 0.717) is 0 Å². The molecule has 4 aliphatic rings. The molecule has 3 heteroatoms. The van der Waals surface area contributed by atoms with Crippen LogP contribution in [-0.2, 0) is 21.7 Å². The number of fused-ring (bicyclic) bond motifs is 14. The lowest BCUT2D eigenvalue weighted by Gasteiger charge is -2.43. The van der Waals surface area contributed by atoms with Gasteiger partial charge in [-0.2, -0.15) is 0 Å². The molecule has 7 aromatic carbocycles. The van der Waals surface area contributed by atoms with Crippen molar-refractivity contribution in [2.45, 2.75) is 90.9 Å². The number of anilines is 2. The van der Waals surface area contributed by atoms with Crippen molar-refractivity contribution < 1.29 is 0 Å². The Kier molecular flexibility index (Phi) is 6.60. The average Bonchev–Trinajstić information content (AvgIpc) is 3.75. The van der Waals surface area contributed by atoms with Crippen LogP contribution in [0, 0.1) is 0 Å². The van der Waals surface area contributed by atoms with Gasteiger partial charge in [0.2, 0.25) is 0 Å². The summed E-state index contributed by atoms with van der Waals surface area (Å²) in [7, 11) is 0. The zero-order valence-electron chi connectivity index (χ0n) is 36.1. The van der Waals surface area contributed by atoms with E-state index in [0.717, 1.165) is 0 Å². The minimum absolute atomic E-state index is 0.0120. The zero-order valence-corrected chi connectivity index (χ0v) is 36.1. The number of aromatic nitrogens is 1. The van der Waals surface area contributed by atoms with Gasteiger partial charge in [0.15, 0.2) is 0 Å². The second-order valence-corrected chi connectivity index (χ2v) is 21.0. The Morgan fingerprint density at radius 2 is 1.05 bits per heavy atom. The van der Waals surface area contributed by atoms with E-state index in [9.17, 15) is 0 Å². The maximum atomic E-state index is 2.72. The highest BCUT2D eigenvalue weighted by Crippen LogP contribution is 2.55. The SMILES string of the molecule is CC(C)(C)c1ccc(N2B3c4cc(C(C)(C)C)ccc4-n4c5cc6c(cc5c5ccc(c3c54)-c3cc4c(cc32)C(C)(C)c2ccccc2-4)-c2ccccc2C6(C)C)cc1. The molecule has 0 saturated heterocycles. The predicted octanol–water partition coefficient (Wildman–Crippen LogP) is 13.2. The van der Waals surface area contributed by atoms with Crippen LogP contribution < -0.4 is 15.7 Å². The van der Waals surface area contributed by atoms with E-state index in [1.165, 1.54) is 117 Å². The highest BCUT2D eigenvalue weighted by molar-refractivity contribution is 6.93. The molecule has 12 rings (SSSR count). The third kappa shape index (κ3) is 4.44. The van der Waals surface area contributed by atoms with Crippen molar-refractivity contribution in [2.75, 3.05) is 4.81 Å². The molecule has 0 saturated carbocycles. The van der Waals surface area contributed by atoms with E-state index < -0.39 is 0 Å². The van der Waals surface area contributed by atoms with Crippen molar-refractivity contribution in [1.29, 1.82) is 0 Å². The maximum Gasteiger partial charge on any atom is 0.333 e. The van der Waals surface area contributed by atoms with Gasteiger partial charge in [0, 0.05) is 44.2 Å². The molecule has 0 atom stereocenters. The van der Waals surface area contributed by atoms with Crippen molar-refractivity contribution in [2.24, 2.45) is 0 Å². The molecule has 0 amide bonds. The fourth-order valence-electron chi connectivity index (χ4n) is 11.7. The van der Waals surface area contributed by atoms with Crippen LogP contribution in [0.4, 0.5) is 11.4 Å². The highest BCUT2D eigenvalue weighted by atomic mass is 15.1. The molecule has 3 heterocycles. The van der Waals surface area contributed by atoms with Crippen molar-refractivity contribution in [3.63, 3.8) is 0 Å². The third-order valence-electron chi connectivity index (χ3n) is 14.9. The van der Waals surface area contributed by atoms with Crippen molar-refractivity contribution in [3.8, 4) is 39.1 Å². The Bertz CT molecular complexity index is 3180. The molecule has 2 aliphatic heterocycles. The fourth-order valence-corrected chi connectivity index (χ4v) is 11.7. The Balaban J connectivity index is 1.23. The number of hydrogen-bond donors (Lipinski definition) is 0. The zero-order chi connectivity index (χ0) is 40.7. The molecule has 0 unspecified atom stereocenters. The van der Waals surface area contributed by atoms with Crippen LogP contribution in [-0.4, -0.2) is 11.4 Å². The molecular formula is C56H51BN2. The Morgan fingerprint density at radius 1 is 0.458 bits per heavy atom. The minimum Gasteiger partial charge on any atom is -0.376 e. The summed E-state index contributed by atoms with van der Waals surface area (Å²) in [6.45, 7) is 23.6. The fraction of sp³-hybridized carbons (Fsp3) is 0.250. The highest BCUT2D eigenvalue weighted by Gasteiger charge is 2.47. The van der Waals surface area contributed by atoms with E-state index in [1.54, 1.807) is 0 Å². The Morgan fingerprint density at radius 3 is 1.69 bits per heavy atom. The van der Waals surface area contributed by atoms with Gasteiger partial charge in [-0.1, -0.05) is 154 Å². The standard InChI is InChI=1S/C56H51BN2/c1-53(2,3)32-19-22-34(23-20-32)59-50-31-46-39(35-15-11-14-18-44(35)56(46,9)10)28-41(50)37-24-25-38-42-29-40-36-16-12-13-17-43(36)55(7,8)45(40)30-49(42)58-48-26-21-33(54(4,5)6)27-47(48)57(59)51(37)52(38)58/h11-31H,1-10H3. The molecule has 0 spiro atoms. The van der Waals surface area contributed by atoms with Gasteiger partial charge in [-0.05, 0) is 125 Å². The Labute approximate surface area is 349 Å². The molecule has 0 fully saturated rings. The van der Waals surface area contributed by atoms with Gasteiger partial charge in [0.1, 0.15) is 0 Å². The minimum atomic E-state index is -0.115. The maximum absolute atomic E-state index is 2.72. The number of rotatable bonds is 1. The molecule has 1 aromatic heterocycles. The summed E-state index contributed by atoms with van der Waals surface area (Å²) in [6.07, 6.45) is 0. The lowest BCUT2D eigenvalue weighted by atomic mass is 9.43. The lowest BCUT2D eigenvalue weighted by molar-refractivity contribution is 0.590. The summed E-state index contributed by atoms with van der Waals surface area (Å²) in [6, 6.07) is 50.1. The van der Waals surface area contributed by atoms with Crippen LogP contribution in [0.3, 0.4) is 0 Å². The van der Waals surface area contributed by atoms with E-state index in [1.807, 2.05) is 0 Å². The number of benzene rings is 7. The summed E-state index contributed by atoms with van der Waals surface area (Å²) < 4.78 is 2.65. The predicted molar refractivity (Wildman–Crippen MR) is 252 cm³/mol. The van der Waals surface area contributed by atoms with E-state index in [2.05, 4.69) is 206 Å². The molecule has 2 nitrogen and oxygen atoms in total. The van der Waals surface area contributed by atoms with Crippen LogP contribution in [0.5, 0.6) is 0 Å². The smallest absolute Gasteiger partial charge is 0.333 e. The second-order valence-electron chi connectivity index (χ2n) is 21.0. The van der Waals surface area contributed by atoms with Crippen LogP contribution in [0.15, 0.2) is 127 Å². The summed E-state index contributed by atoms with van der Waals surface area (Å²) in [5.41, 5.74) is 25.6. The van der Waals surface area contributed by atoms with Crippen LogP contribution in [0.2, 0.25) is 0 Å². The topological polar surface area (TPSA) is 8.17 Å². The first-order valence-electron chi connectivity index (χ1n) is 21.6. The summed E-state index contributed by atoms with van der Waals surface area (Å²) in [4.78, 5) is 2.72. The van der Waals surface area contributed by atoms with Gasteiger partial charge in [0.05, 0.1) is 11.0 Å². The van der Waals surface area contributed by atoms with Gasteiger partial charge < -0.3 is 9.38 Å². The van der Waals surface area contributed by atoms with Crippen LogP contribution >= 0.6 is 0 Å². The molecule has 0 bridgehead atoms. The molecule has 0 radical (unpaired) electrons. The van der Waals surface area contributed by atoms with Gasteiger partial charge in [-0.25, -0.2) is 0 Å². The van der Waals surface area contributed by atoms with Crippen LogP contribution in [0.1, 0.15) is 103 Å². The summed E-state index contributed by atoms with van der Waals surface area (Å²) in [5, 5.41) is 2.66. The lowest BCUT2D eigenvalue weighted by Crippen LogP contribution is -2.60. The van der Waals surface area contributed by atoms with Gasteiger partial charge in [-0.15, -0.1) is 0 Å². The van der Waals surface area contributed by atoms with Gasteiger partial charge >= 0.3 is 6.85 Å². The first-order valence-corrected chi connectivity index (χ1v) is 21.6. The van der Waals surface area contributed by atoms with Gasteiger partial charge in [-0.3, -0.25) is 0 Å². The molecular weight excluding hydrogens is 711 g/mol. The van der Waals surface area contributed by atoms with E-state index in [-0.39, 0.29) is 28.5 Å². The average molecular weight is 763 g/mol. The molecule has 0 N–H and O–H groups in total. The first-order chi connectivity index (χ1) is 28.0. The first kappa shape index (κ1) is 35.2. The molecule has 59 heavy (non-hydrogen) atoms. The van der Waals surface area contributed by atoms with Gasteiger partial charge in [0.25, 0.3) is 0 Å². The van der Waals surface area contributed by atoms with Crippen LogP contribution in [0.25, 0.3) is 60.9 Å². The number of hydrogen-bond acceptors (Lipinski definition) is 1. The number of nitrogens with zero attached hydrogens (tertiary/aromatic N) is 2. The normalized spacial score (nSPS) is 16.2. The van der Waals surface area contributed by atoms with E-state index >= 15 is 0 Å². The monoisotopic (exact) mass is 762 g/mol. The summed E-state index contributed by atoms with van der Waals surface area (Å²) >= 11 is 0. The third-order valence-corrected chi connectivity index (χ3v) is 14.9. The molecule has 288 valence electrons. The quantitative estimate of drug-likeness (QED) is 0.151. The largest absolute Gasteiger partial charge is 0.376 e. The van der Waals surface area contributed by atoms with E-state index in [4.69, 9.17) is 0 Å². The second kappa shape index (κ2) is 11.1. The van der Waals surface area contributed by atoms with Crippen molar-refractivity contribution in [1.82, 2.24) is 4.57 Å².